The summed E-state index contributed by atoms with van der Waals surface area (Å²) < 4.78 is 0. The molecule has 1 saturated heterocycles. The van der Waals surface area contributed by atoms with E-state index in [0.29, 0.717) is 0 Å². The van der Waals surface area contributed by atoms with Gasteiger partial charge in [0.1, 0.15) is 0 Å². The van der Waals surface area contributed by atoms with E-state index in [1.54, 1.807) is 0 Å². The third-order valence-corrected chi connectivity index (χ3v) is 4.44. The summed E-state index contributed by atoms with van der Waals surface area (Å²) in [6.45, 7) is 8.52. The molecule has 1 saturated carbocycles. The van der Waals surface area contributed by atoms with Gasteiger partial charge in [0.25, 0.3) is 0 Å². The van der Waals surface area contributed by atoms with Crippen LogP contribution in [0.15, 0.2) is 0 Å². The van der Waals surface area contributed by atoms with Crippen LogP contribution in [0.2, 0.25) is 0 Å². The van der Waals surface area contributed by atoms with E-state index >= 15 is 0 Å². The molecule has 0 radical (unpaired) electrons. The minimum atomic E-state index is 0.849. The van der Waals surface area contributed by atoms with E-state index in [4.69, 9.17) is 0 Å². The largest absolute Gasteiger partial charge is 0.313 e. The Kier molecular flexibility index (Phi) is 2.64. The van der Waals surface area contributed by atoms with Gasteiger partial charge in [-0.2, -0.15) is 0 Å². The molecule has 1 heteroatoms. The SMILES string of the molecule is CC1CCC2NCC(C)C(C)C2C1. The van der Waals surface area contributed by atoms with Crippen LogP contribution in [0.4, 0.5) is 0 Å². The van der Waals surface area contributed by atoms with E-state index in [9.17, 15) is 0 Å². The smallest absolute Gasteiger partial charge is 0.00982 e. The highest BCUT2D eigenvalue weighted by Gasteiger charge is 2.37. The first-order valence-corrected chi connectivity index (χ1v) is 5.92. The van der Waals surface area contributed by atoms with E-state index in [2.05, 4.69) is 26.1 Å². The van der Waals surface area contributed by atoms with Gasteiger partial charge in [-0.3, -0.25) is 0 Å². The first-order chi connectivity index (χ1) is 6.18. The van der Waals surface area contributed by atoms with Crippen molar-refractivity contribution in [3.63, 3.8) is 0 Å². The predicted molar refractivity (Wildman–Crippen MR) is 56.6 cm³/mol. The molecule has 1 N–H and O–H groups in total. The average Bonchev–Trinajstić information content (AvgIpc) is 2.12. The molecule has 2 fully saturated rings. The molecule has 0 spiro atoms. The molecule has 1 heterocycles. The molecule has 0 aromatic rings. The summed E-state index contributed by atoms with van der Waals surface area (Å²) >= 11 is 0. The Hall–Kier alpha value is -0.0400. The third-order valence-electron chi connectivity index (χ3n) is 4.44. The van der Waals surface area contributed by atoms with Crippen molar-refractivity contribution in [3.05, 3.63) is 0 Å². The number of fused-ring (bicyclic) bond motifs is 1. The van der Waals surface area contributed by atoms with E-state index in [1.165, 1.54) is 25.8 Å². The maximum absolute atomic E-state index is 3.72. The third kappa shape index (κ3) is 1.76. The van der Waals surface area contributed by atoms with E-state index in [-0.39, 0.29) is 0 Å². The van der Waals surface area contributed by atoms with Crippen LogP contribution in [-0.2, 0) is 0 Å². The molecule has 2 aliphatic rings. The second kappa shape index (κ2) is 3.61. The summed E-state index contributed by atoms with van der Waals surface area (Å²) in [7, 11) is 0. The van der Waals surface area contributed by atoms with Gasteiger partial charge in [-0.05, 0) is 49.5 Å². The Morgan fingerprint density at radius 3 is 2.62 bits per heavy atom. The van der Waals surface area contributed by atoms with Gasteiger partial charge in [0, 0.05) is 6.04 Å². The van der Waals surface area contributed by atoms with Gasteiger partial charge in [0.05, 0.1) is 0 Å². The van der Waals surface area contributed by atoms with Crippen molar-refractivity contribution in [3.8, 4) is 0 Å². The molecule has 76 valence electrons. The second-order valence-electron chi connectivity index (χ2n) is 5.43. The lowest BCUT2D eigenvalue weighted by Crippen LogP contribution is -2.51. The van der Waals surface area contributed by atoms with Crippen LogP contribution < -0.4 is 5.32 Å². The minimum absolute atomic E-state index is 0.849. The normalized spacial score (nSPS) is 51.5. The summed E-state index contributed by atoms with van der Waals surface area (Å²) in [5, 5.41) is 3.72. The van der Waals surface area contributed by atoms with E-state index < -0.39 is 0 Å². The molecule has 1 nitrogen and oxygen atoms in total. The highest BCUT2D eigenvalue weighted by Crippen LogP contribution is 2.39. The molecule has 13 heavy (non-hydrogen) atoms. The van der Waals surface area contributed by atoms with Crippen molar-refractivity contribution in [1.29, 1.82) is 0 Å². The lowest BCUT2D eigenvalue weighted by atomic mass is 9.67. The van der Waals surface area contributed by atoms with Gasteiger partial charge in [0.2, 0.25) is 0 Å². The van der Waals surface area contributed by atoms with Gasteiger partial charge in [-0.1, -0.05) is 20.8 Å². The average molecular weight is 181 g/mol. The van der Waals surface area contributed by atoms with Crippen LogP contribution in [-0.4, -0.2) is 12.6 Å². The maximum atomic E-state index is 3.72. The summed E-state index contributed by atoms with van der Waals surface area (Å²) in [5.74, 6) is 3.75. The van der Waals surface area contributed by atoms with Gasteiger partial charge in [-0.25, -0.2) is 0 Å². The number of hydrogen-bond donors (Lipinski definition) is 1. The summed E-state index contributed by atoms with van der Waals surface area (Å²) in [6, 6.07) is 0.849. The van der Waals surface area contributed by atoms with E-state index in [0.717, 1.165) is 29.7 Å². The first kappa shape index (κ1) is 9.51. The first-order valence-electron chi connectivity index (χ1n) is 5.92. The lowest BCUT2D eigenvalue weighted by Gasteiger charge is -2.45. The predicted octanol–water partition coefficient (Wildman–Crippen LogP) is 2.67. The zero-order chi connectivity index (χ0) is 9.42. The quantitative estimate of drug-likeness (QED) is 0.606. The highest BCUT2D eigenvalue weighted by atomic mass is 14.9. The summed E-state index contributed by atoms with van der Waals surface area (Å²) in [6.07, 6.45) is 4.32. The topological polar surface area (TPSA) is 12.0 Å². The standard InChI is InChI=1S/C12H23N/c1-8-4-5-12-11(6-8)10(3)9(2)7-13-12/h8-13H,4-7H2,1-3H3. The number of piperidine rings is 1. The monoisotopic (exact) mass is 181 g/mol. The highest BCUT2D eigenvalue weighted by molar-refractivity contribution is 4.92. The van der Waals surface area contributed by atoms with Crippen molar-refractivity contribution in [2.45, 2.75) is 46.1 Å². The maximum Gasteiger partial charge on any atom is 0.00982 e. The van der Waals surface area contributed by atoms with Gasteiger partial charge in [0.15, 0.2) is 0 Å². The molecule has 5 atom stereocenters. The molecular weight excluding hydrogens is 158 g/mol. The van der Waals surface area contributed by atoms with Crippen molar-refractivity contribution in [1.82, 2.24) is 5.32 Å². The van der Waals surface area contributed by atoms with Gasteiger partial charge >= 0.3 is 0 Å². The second-order valence-corrected chi connectivity index (χ2v) is 5.43. The summed E-state index contributed by atoms with van der Waals surface area (Å²) in [4.78, 5) is 0. The Morgan fingerprint density at radius 2 is 1.85 bits per heavy atom. The van der Waals surface area contributed by atoms with Gasteiger partial charge in [-0.15, -0.1) is 0 Å². The number of rotatable bonds is 0. The fraction of sp³-hybridized carbons (Fsp3) is 1.00. The van der Waals surface area contributed by atoms with Crippen LogP contribution in [0.1, 0.15) is 40.0 Å². The fourth-order valence-electron chi connectivity index (χ4n) is 3.20. The van der Waals surface area contributed by atoms with Crippen molar-refractivity contribution >= 4 is 0 Å². The molecule has 0 aromatic heterocycles. The Labute approximate surface area is 82.3 Å². The van der Waals surface area contributed by atoms with Gasteiger partial charge < -0.3 is 5.32 Å². The molecule has 1 aliphatic carbocycles. The summed E-state index contributed by atoms with van der Waals surface area (Å²) in [5.41, 5.74) is 0. The Balaban J connectivity index is 2.04. The van der Waals surface area contributed by atoms with Crippen LogP contribution in [0.25, 0.3) is 0 Å². The molecule has 0 amide bonds. The van der Waals surface area contributed by atoms with Crippen LogP contribution >= 0.6 is 0 Å². The van der Waals surface area contributed by atoms with Crippen LogP contribution in [0.5, 0.6) is 0 Å². The van der Waals surface area contributed by atoms with Crippen LogP contribution in [0, 0.1) is 23.7 Å². The minimum Gasteiger partial charge on any atom is -0.313 e. The number of hydrogen-bond acceptors (Lipinski definition) is 1. The van der Waals surface area contributed by atoms with Crippen molar-refractivity contribution in [2.75, 3.05) is 6.54 Å². The lowest BCUT2D eigenvalue weighted by molar-refractivity contribution is 0.0848. The zero-order valence-corrected chi connectivity index (χ0v) is 9.22. The van der Waals surface area contributed by atoms with Crippen LogP contribution in [0.3, 0.4) is 0 Å². The van der Waals surface area contributed by atoms with Crippen molar-refractivity contribution in [2.24, 2.45) is 23.7 Å². The zero-order valence-electron chi connectivity index (χ0n) is 9.22. The molecule has 1 aliphatic heterocycles. The fourth-order valence-corrected chi connectivity index (χ4v) is 3.20. The molecule has 0 aromatic carbocycles. The van der Waals surface area contributed by atoms with Crippen molar-refractivity contribution < 1.29 is 0 Å². The van der Waals surface area contributed by atoms with E-state index in [1.807, 2.05) is 0 Å². The Bertz CT molecular complexity index is 174. The molecule has 5 unspecified atom stereocenters. The molecule has 0 bridgehead atoms. The molecule has 2 rings (SSSR count). The molecular formula is C12H23N. The number of nitrogens with one attached hydrogen (secondary N) is 1. The Morgan fingerprint density at radius 1 is 1.08 bits per heavy atom.